The molecular formula is C13H26O3. The van der Waals surface area contributed by atoms with Crippen LogP contribution in [0.25, 0.3) is 0 Å². The fourth-order valence-electron chi connectivity index (χ4n) is 2.36. The van der Waals surface area contributed by atoms with Crippen LogP contribution in [-0.4, -0.2) is 35.1 Å². The second kappa shape index (κ2) is 5.99. The molecule has 0 aliphatic carbocycles. The molecule has 4 atom stereocenters. The summed E-state index contributed by atoms with van der Waals surface area (Å²) in [5.74, 6) is 0. The number of hydrogen-bond donors (Lipinski definition) is 2. The number of unbranched alkanes of at least 4 members (excludes halogenated alkanes) is 1. The molecule has 1 aliphatic rings. The summed E-state index contributed by atoms with van der Waals surface area (Å²) in [6.45, 7) is 6.91. The minimum absolute atomic E-state index is 0.184. The molecule has 0 saturated carbocycles. The minimum Gasteiger partial charge on any atom is -0.388 e. The Bertz CT molecular complexity index is 207. The minimum atomic E-state index is -0.701. The normalized spacial score (nSPS) is 33.9. The Balaban J connectivity index is 2.49. The largest absolute Gasteiger partial charge is 0.388 e. The SMILES string of the molecule is CCCCC(C)(CC)CC1OCC(O)C1O. The molecule has 1 heterocycles. The molecule has 1 saturated heterocycles. The van der Waals surface area contributed by atoms with Gasteiger partial charge in [0.1, 0.15) is 12.2 Å². The lowest BCUT2D eigenvalue weighted by Crippen LogP contribution is -2.34. The summed E-state index contributed by atoms with van der Waals surface area (Å²) >= 11 is 0. The molecule has 96 valence electrons. The van der Waals surface area contributed by atoms with E-state index in [-0.39, 0.29) is 18.1 Å². The van der Waals surface area contributed by atoms with Gasteiger partial charge in [-0.1, -0.05) is 40.0 Å². The lowest BCUT2D eigenvalue weighted by molar-refractivity contribution is -0.00430. The number of ether oxygens (including phenoxy) is 1. The highest BCUT2D eigenvalue weighted by Gasteiger charge is 2.38. The summed E-state index contributed by atoms with van der Waals surface area (Å²) in [4.78, 5) is 0. The molecule has 0 spiro atoms. The first-order valence-corrected chi connectivity index (χ1v) is 6.50. The zero-order valence-electron chi connectivity index (χ0n) is 10.8. The fraction of sp³-hybridized carbons (Fsp3) is 1.00. The van der Waals surface area contributed by atoms with Gasteiger partial charge in [0.15, 0.2) is 0 Å². The van der Waals surface area contributed by atoms with Crippen LogP contribution in [0.2, 0.25) is 0 Å². The van der Waals surface area contributed by atoms with Gasteiger partial charge in [-0.05, 0) is 18.3 Å². The highest BCUT2D eigenvalue weighted by Crippen LogP contribution is 2.36. The van der Waals surface area contributed by atoms with Crippen LogP contribution in [0.3, 0.4) is 0 Å². The van der Waals surface area contributed by atoms with Crippen molar-refractivity contribution in [2.24, 2.45) is 5.41 Å². The first kappa shape index (κ1) is 13.9. The molecular weight excluding hydrogens is 204 g/mol. The Labute approximate surface area is 98.8 Å². The summed E-state index contributed by atoms with van der Waals surface area (Å²) in [7, 11) is 0. The van der Waals surface area contributed by atoms with Gasteiger partial charge >= 0.3 is 0 Å². The summed E-state index contributed by atoms with van der Waals surface area (Å²) in [5.41, 5.74) is 0.228. The van der Waals surface area contributed by atoms with E-state index in [1.54, 1.807) is 0 Å². The maximum Gasteiger partial charge on any atom is 0.108 e. The Morgan fingerprint density at radius 3 is 2.44 bits per heavy atom. The van der Waals surface area contributed by atoms with Crippen molar-refractivity contribution < 1.29 is 14.9 Å². The molecule has 1 rings (SSSR count). The maximum atomic E-state index is 9.77. The first-order valence-electron chi connectivity index (χ1n) is 6.50. The van der Waals surface area contributed by atoms with Crippen LogP contribution in [0, 0.1) is 5.41 Å². The lowest BCUT2D eigenvalue weighted by Gasteiger charge is -2.32. The molecule has 1 aliphatic heterocycles. The van der Waals surface area contributed by atoms with Crippen molar-refractivity contribution in [3.8, 4) is 0 Å². The third-order valence-corrected chi connectivity index (χ3v) is 3.94. The summed E-state index contributed by atoms with van der Waals surface area (Å²) in [6.07, 6.45) is 3.95. The second-order valence-electron chi connectivity index (χ2n) is 5.40. The van der Waals surface area contributed by atoms with Crippen molar-refractivity contribution in [3.05, 3.63) is 0 Å². The standard InChI is InChI=1S/C13H26O3/c1-4-6-7-13(3,5-2)8-11-12(15)10(14)9-16-11/h10-12,14-15H,4-9H2,1-3H3. The quantitative estimate of drug-likeness (QED) is 0.734. The van der Waals surface area contributed by atoms with Gasteiger partial charge in [0.05, 0.1) is 12.7 Å². The average Bonchev–Trinajstić information content (AvgIpc) is 2.58. The highest BCUT2D eigenvalue weighted by atomic mass is 16.5. The molecule has 0 aromatic carbocycles. The Kier molecular flexibility index (Phi) is 5.22. The molecule has 2 N–H and O–H groups in total. The van der Waals surface area contributed by atoms with E-state index in [0.717, 1.165) is 12.8 Å². The van der Waals surface area contributed by atoms with E-state index in [4.69, 9.17) is 4.74 Å². The van der Waals surface area contributed by atoms with Gasteiger partial charge in [0.2, 0.25) is 0 Å². The molecule has 0 amide bonds. The van der Waals surface area contributed by atoms with Gasteiger partial charge in [-0.15, -0.1) is 0 Å². The lowest BCUT2D eigenvalue weighted by atomic mass is 9.77. The molecule has 0 radical (unpaired) electrons. The molecule has 1 fully saturated rings. The van der Waals surface area contributed by atoms with Crippen LogP contribution in [0.5, 0.6) is 0 Å². The predicted molar refractivity (Wildman–Crippen MR) is 64.3 cm³/mol. The van der Waals surface area contributed by atoms with E-state index >= 15 is 0 Å². The van der Waals surface area contributed by atoms with Gasteiger partial charge in [-0.2, -0.15) is 0 Å². The average molecular weight is 230 g/mol. The van der Waals surface area contributed by atoms with Gasteiger partial charge in [-0.3, -0.25) is 0 Å². The second-order valence-corrected chi connectivity index (χ2v) is 5.40. The van der Waals surface area contributed by atoms with Crippen molar-refractivity contribution >= 4 is 0 Å². The van der Waals surface area contributed by atoms with E-state index in [1.165, 1.54) is 19.3 Å². The third kappa shape index (κ3) is 3.44. The van der Waals surface area contributed by atoms with Crippen LogP contribution < -0.4 is 0 Å². The van der Waals surface area contributed by atoms with Crippen LogP contribution in [-0.2, 0) is 4.74 Å². The van der Waals surface area contributed by atoms with Crippen LogP contribution >= 0.6 is 0 Å². The zero-order chi connectivity index (χ0) is 12.2. The van der Waals surface area contributed by atoms with E-state index in [1.807, 2.05) is 0 Å². The third-order valence-electron chi connectivity index (χ3n) is 3.94. The highest BCUT2D eigenvalue weighted by molar-refractivity contribution is 4.88. The van der Waals surface area contributed by atoms with E-state index in [0.29, 0.717) is 0 Å². The van der Waals surface area contributed by atoms with Crippen molar-refractivity contribution in [1.82, 2.24) is 0 Å². The zero-order valence-corrected chi connectivity index (χ0v) is 10.8. The monoisotopic (exact) mass is 230 g/mol. The summed E-state index contributed by atoms with van der Waals surface area (Å²) in [6, 6.07) is 0. The molecule has 3 nitrogen and oxygen atoms in total. The molecule has 0 aromatic heterocycles. The fourth-order valence-corrected chi connectivity index (χ4v) is 2.36. The van der Waals surface area contributed by atoms with Crippen LogP contribution in [0.4, 0.5) is 0 Å². The Morgan fingerprint density at radius 1 is 1.31 bits per heavy atom. The topological polar surface area (TPSA) is 49.7 Å². The van der Waals surface area contributed by atoms with Gasteiger partial charge in [0, 0.05) is 0 Å². The van der Waals surface area contributed by atoms with Gasteiger partial charge in [0.25, 0.3) is 0 Å². The summed E-state index contributed by atoms with van der Waals surface area (Å²) < 4.78 is 5.45. The Morgan fingerprint density at radius 2 is 2.00 bits per heavy atom. The van der Waals surface area contributed by atoms with Gasteiger partial charge in [-0.25, -0.2) is 0 Å². The smallest absolute Gasteiger partial charge is 0.108 e. The molecule has 0 bridgehead atoms. The van der Waals surface area contributed by atoms with Crippen molar-refractivity contribution in [1.29, 1.82) is 0 Å². The number of aliphatic hydroxyl groups excluding tert-OH is 2. The number of rotatable bonds is 6. The van der Waals surface area contributed by atoms with Gasteiger partial charge < -0.3 is 14.9 Å². The molecule has 16 heavy (non-hydrogen) atoms. The number of hydrogen-bond acceptors (Lipinski definition) is 3. The molecule has 4 unspecified atom stereocenters. The maximum absolute atomic E-state index is 9.77. The Hall–Kier alpha value is -0.120. The number of aliphatic hydroxyl groups is 2. The van der Waals surface area contributed by atoms with Crippen molar-refractivity contribution in [2.45, 2.75) is 71.2 Å². The van der Waals surface area contributed by atoms with E-state index in [9.17, 15) is 10.2 Å². The van der Waals surface area contributed by atoms with E-state index in [2.05, 4.69) is 20.8 Å². The summed E-state index contributed by atoms with van der Waals surface area (Å²) in [5, 5.41) is 19.2. The van der Waals surface area contributed by atoms with E-state index < -0.39 is 12.2 Å². The van der Waals surface area contributed by atoms with Crippen molar-refractivity contribution in [2.75, 3.05) is 6.61 Å². The van der Waals surface area contributed by atoms with Crippen LogP contribution in [0.1, 0.15) is 52.9 Å². The van der Waals surface area contributed by atoms with Crippen molar-refractivity contribution in [3.63, 3.8) is 0 Å². The predicted octanol–water partition coefficient (Wildman–Crippen LogP) is 2.10. The first-order chi connectivity index (χ1) is 7.52. The van der Waals surface area contributed by atoms with Crippen LogP contribution in [0.15, 0.2) is 0 Å². The molecule has 0 aromatic rings. The molecule has 3 heteroatoms.